The molecular formula is C22H28N4O2. The highest BCUT2D eigenvalue weighted by atomic mass is 16.6. The number of ether oxygens (including phenoxy) is 1. The molecule has 0 unspecified atom stereocenters. The number of rotatable bonds is 5. The number of carbonyl (C=O) groups is 1. The van der Waals surface area contributed by atoms with Crippen LogP contribution in [0.3, 0.4) is 0 Å². The summed E-state index contributed by atoms with van der Waals surface area (Å²) < 4.78 is 5.34. The summed E-state index contributed by atoms with van der Waals surface area (Å²) in [6.45, 7) is 7.03. The number of amides is 1. The van der Waals surface area contributed by atoms with E-state index in [1.165, 1.54) is 5.56 Å². The Bertz CT molecular complexity index is 803. The van der Waals surface area contributed by atoms with Crippen LogP contribution in [0.25, 0.3) is 0 Å². The molecule has 0 saturated carbocycles. The van der Waals surface area contributed by atoms with Gasteiger partial charge in [-0.3, -0.25) is 9.88 Å². The number of nitrogens with zero attached hydrogens (tertiary/aromatic N) is 4. The summed E-state index contributed by atoms with van der Waals surface area (Å²) in [6.07, 6.45) is 6.10. The summed E-state index contributed by atoms with van der Waals surface area (Å²) in [7, 11) is 0. The maximum absolute atomic E-state index is 12.4. The van der Waals surface area contributed by atoms with Crippen LogP contribution in [0, 0.1) is 0 Å². The Morgan fingerprint density at radius 3 is 2.61 bits per heavy atom. The summed E-state index contributed by atoms with van der Waals surface area (Å²) in [5.74, 6) is 1.00. The first kappa shape index (κ1) is 18.9. The maximum atomic E-state index is 12.4. The number of benzene rings is 1. The average Bonchev–Trinajstić information content (AvgIpc) is 3.09. The zero-order valence-corrected chi connectivity index (χ0v) is 16.6. The summed E-state index contributed by atoms with van der Waals surface area (Å²) in [4.78, 5) is 25.8. The van der Waals surface area contributed by atoms with Crippen molar-refractivity contribution in [2.24, 2.45) is 0 Å². The largest absolute Gasteiger partial charge is 0.447 e. The zero-order chi connectivity index (χ0) is 19.5. The Morgan fingerprint density at radius 2 is 1.89 bits per heavy atom. The molecule has 6 heteroatoms. The first-order valence-corrected chi connectivity index (χ1v) is 10.2. The van der Waals surface area contributed by atoms with Crippen molar-refractivity contribution in [2.45, 2.75) is 51.1 Å². The molecule has 1 atom stereocenters. The molecule has 2 saturated heterocycles. The van der Waals surface area contributed by atoms with Gasteiger partial charge < -0.3 is 9.64 Å². The fourth-order valence-corrected chi connectivity index (χ4v) is 4.17. The van der Waals surface area contributed by atoms with Crippen molar-refractivity contribution < 1.29 is 9.53 Å². The van der Waals surface area contributed by atoms with Gasteiger partial charge in [-0.15, -0.1) is 0 Å². The van der Waals surface area contributed by atoms with Gasteiger partial charge in [-0.2, -0.15) is 0 Å². The van der Waals surface area contributed by atoms with E-state index in [0.717, 1.165) is 38.0 Å². The van der Waals surface area contributed by atoms with Gasteiger partial charge in [0.1, 0.15) is 6.61 Å². The van der Waals surface area contributed by atoms with E-state index in [9.17, 15) is 4.79 Å². The molecule has 148 valence electrons. The van der Waals surface area contributed by atoms with E-state index < -0.39 is 0 Å². The van der Waals surface area contributed by atoms with Gasteiger partial charge in [-0.25, -0.2) is 9.78 Å². The van der Waals surface area contributed by atoms with Crippen molar-refractivity contribution >= 4 is 11.9 Å². The van der Waals surface area contributed by atoms with Gasteiger partial charge in [0.15, 0.2) is 5.82 Å². The predicted molar refractivity (Wildman–Crippen MR) is 108 cm³/mol. The summed E-state index contributed by atoms with van der Waals surface area (Å²) in [5, 5.41) is 0. The molecule has 1 aromatic heterocycles. The molecule has 6 nitrogen and oxygen atoms in total. The van der Waals surface area contributed by atoms with Crippen LogP contribution in [0.15, 0.2) is 42.7 Å². The van der Waals surface area contributed by atoms with Crippen molar-refractivity contribution in [1.82, 2.24) is 14.9 Å². The van der Waals surface area contributed by atoms with Gasteiger partial charge in [0.25, 0.3) is 0 Å². The smallest absolute Gasteiger partial charge is 0.415 e. The third-order valence-electron chi connectivity index (χ3n) is 5.84. The molecule has 4 rings (SSSR count). The molecule has 0 bridgehead atoms. The molecule has 2 aromatic rings. The standard InChI is InChI=1S/C22H28N4O2/c1-16(2)25-10-8-18(9-11-25)20-13-23-14-21(24-20)26-19(15-28-22(26)27)12-17-6-4-3-5-7-17/h3-7,13-14,16,18-19H,8-12,15H2,1-2H3/t19-/m0/s1. The Balaban J connectivity index is 1.50. The number of cyclic esters (lactones) is 1. The Hall–Kier alpha value is -2.47. The predicted octanol–water partition coefficient (Wildman–Crippen LogP) is 3.63. The lowest BCUT2D eigenvalue weighted by molar-refractivity contribution is 0.170. The topological polar surface area (TPSA) is 58.6 Å². The fraction of sp³-hybridized carbons (Fsp3) is 0.500. The van der Waals surface area contributed by atoms with E-state index in [1.807, 2.05) is 24.4 Å². The van der Waals surface area contributed by atoms with Crippen molar-refractivity contribution in [3.63, 3.8) is 0 Å². The molecule has 28 heavy (non-hydrogen) atoms. The van der Waals surface area contributed by atoms with Crippen molar-refractivity contribution in [1.29, 1.82) is 0 Å². The third-order valence-corrected chi connectivity index (χ3v) is 5.84. The van der Waals surface area contributed by atoms with Crippen LogP contribution in [-0.4, -0.2) is 52.7 Å². The first-order valence-electron chi connectivity index (χ1n) is 10.2. The van der Waals surface area contributed by atoms with Crippen molar-refractivity contribution in [3.05, 3.63) is 54.0 Å². The summed E-state index contributed by atoms with van der Waals surface area (Å²) >= 11 is 0. The highest BCUT2D eigenvalue weighted by Crippen LogP contribution is 2.30. The quantitative estimate of drug-likeness (QED) is 0.793. The third kappa shape index (κ3) is 4.02. The number of carbonyl (C=O) groups excluding carboxylic acids is 1. The molecule has 0 aliphatic carbocycles. The zero-order valence-electron chi connectivity index (χ0n) is 16.6. The van der Waals surface area contributed by atoms with Crippen LogP contribution in [0.5, 0.6) is 0 Å². The van der Waals surface area contributed by atoms with Crippen LogP contribution in [0.1, 0.15) is 43.9 Å². The second kappa shape index (κ2) is 8.27. The Morgan fingerprint density at radius 1 is 1.14 bits per heavy atom. The van der Waals surface area contributed by atoms with Crippen molar-refractivity contribution in [3.8, 4) is 0 Å². The minimum atomic E-state index is -0.331. The lowest BCUT2D eigenvalue weighted by atomic mass is 9.93. The van der Waals surface area contributed by atoms with E-state index >= 15 is 0 Å². The normalized spacial score (nSPS) is 21.3. The first-order chi connectivity index (χ1) is 13.6. The second-order valence-electron chi connectivity index (χ2n) is 8.00. The van der Waals surface area contributed by atoms with Crippen LogP contribution in [0.4, 0.5) is 10.6 Å². The minimum Gasteiger partial charge on any atom is -0.447 e. The van der Waals surface area contributed by atoms with Gasteiger partial charge in [0.2, 0.25) is 0 Å². The lowest BCUT2D eigenvalue weighted by Crippen LogP contribution is -2.38. The van der Waals surface area contributed by atoms with Gasteiger partial charge in [0, 0.05) is 18.2 Å². The summed E-state index contributed by atoms with van der Waals surface area (Å²) in [6, 6.07) is 10.7. The molecule has 1 amide bonds. The van der Waals surface area contributed by atoms with Crippen LogP contribution < -0.4 is 4.90 Å². The van der Waals surface area contributed by atoms with Crippen LogP contribution in [-0.2, 0) is 11.2 Å². The maximum Gasteiger partial charge on any atom is 0.415 e. The van der Waals surface area contributed by atoms with E-state index in [4.69, 9.17) is 9.72 Å². The molecular weight excluding hydrogens is 352 g/mol. The summed E-state index contributed by atoms with van der Waals surface area (Å²) in [5.41, 5.74) is 2.17. The molecule has 0 spiro atoms. The Kier molecular flexibility index (Phi) is 5.57. The molecule has 3 heterocycles. The van der Waals surface area contributed by atoms with E-state index in [-0.39, 0.29) is 12.1 Å². The molecule has 2 aliphatic heterocycles. The number of aromatic nitrogens is 2. The number of hydrogen-bond donors (Lipinski definition) is 0. The molecule has 1 aromatic carbocycles. The molecule has 0 radical (unpaired) electrons. The average molecular weight is 380 g/mol. The van der Waals surface area contributed by atoms with Gasteiger partial charge >= 0.3 is 6.09 Å². The van der Waals surface area contributed by atoms with Crippen LogP contribution >= 0.6 is 0 Å². The highest BCUT2D eigenvalue weighted by Gasteiger charge is 2.36. The fourth-order valence-electron chi connectivity index (χ4n) is 4.17. The van der Waals surface area contributed by atoms with Gasteiger partial charge in [-0.05, 0) is 51.8 Å². The van der Waals surface area contributed by atoms with Gasteiger partial charge in [-0.1, -0.05) is 30.3 Å². The van der Waals surface area contributed by atoms with Gasteiger partial charge in [0.05, 0.1) is 17.9 Å². The van der Waals surface area contributed by atoms with E-state index in [2.05, 4.69) is 35.9 Å². The number of hydrogen-bond acceptors (Lipinski definition) is 5. The SMILES string of the molecule is CC(C)N1CCC(c2cncc(N3C(=O)OC[C@@H]3Cc3ccccc3)n2)CC1. The Labute approximate surface area is 166 Å². The molecule has 0 N–H and O–H groups in total. The lowest BCUT2D eigenvalue weighted by Gasteiger charge is -2.34. The number of likely N-dealkylation sites (tertiary alicyclic amines) is 1. The van der Waals surface area contributed by atoms with E-state index in [0.29, 0.717) is 24.4 Å². The van der Waals surface area contributed by atoms with E-state index in [1.54, 1.807) is 11.1 Å². The molecule has 2 aliphatic rings. The minimum absolute atomic E-state index is 0.0535. The highest BCUT2D eigenvalue weighted by molar-refractivity contribution is 5.89. The number of piperidine rings is 1. The monoisotopic (exact) mass is 380 g/mol. The number of anilines is 1. The second-order valence-corrected chi connectivity index (χ2v) is 8.00. The van der Waals surface area contributed by atoms with Crippen LogP contribution in [0.2, 0.25) is 0 Å². The molecule has 2 fully saturated rings. The van der Waals surface area contributed by atoms with Crippen molar-refractivity contribution in [2.75, 3.05) is 24.6 Å².